The quantitative estimate of drug-likeness (QED) is 0.738. The van der Waals surface area contributed by atoms with Crippen molar-refractivity contribution < 1.29 is 23.4 Å². The molecule has 2 unspecified atom stereocenters. The molecule has 0 bridgehead atoms. The minimum atomic E-state index is -4.74. The Bertz CT molecular complexity index is 400. The van der Waals surface area contributed by atoms with Crippen molar-refractivity contribution >= 4 is 21.7 Å². The summed E-state index contributed by atoms with van der Waals surface area (Å²) in [7, 11) is 0. The summed E-state index contributed by atoms with van der Waals surface area (Å²) in [6.45, 7) is 0. The van der Waals surface area contributed by atoms with Crippen LogP contribution in [-0.4, -0.2) is 26.6 Å². The van der Waals surface area contributed by atoms with Gasteiger partial charge in [-0.15, -0.1) is 0 Å². The molecule has 1 heterocycles. The number of hydrogen-bond acceptors (Lipinski definition) is 4. The highest BCUT2D eigenvalue weighted by Gasteiger charge is 2.38. The van der Waals surface area contributed by atoms with Crippen molar-refractivity contribution in [1.29, 1.82) is 0 Å². The summed E-state index contributed by atoms with van der Waals surface area (Å²) < 4.78 is 37.9. The summed E-state index contributed by atoms with van der Waals surface area (Å²) in [5.74, 6) is -0.304. The van der Waals surface area contributed by atoms with Crippen LogP contribution in [-0.2, 0) is 6.18 Å². The Morgan fingerprint density at radius 1 is 1.35 bits per heavy atom. The molecule has 0 spiro atoms. The number of aromatic nitrogens is 1. The van der Waals surface area contributed by atoms with Crippen LogP contribution in [0.15, 0.2) is 12.1 Å². The third kappa shape index (κ3) is 3.30. The molecule has 0 aliphatic rings. The lowest BCUT2D eigenvalue weighted by molar-refractivity contribution is -0.143. The minimum Gasteiger partial charge on any atom is -0.389 e. The topological polar surface area (TPSA) is 79.4 Å². The van der Waals surface area contributed by atoms with Gasteiger partial charge in [-0.05, 0) is 6.07 Å². The Hall–Kier alpha value is -0.860. The molecule has 0 aromatic carbocycles. The van der Waals surface area contributed by atoms with Crippen LogP contribution in [0.5, 0.6) is 0 Å². The van der Waals surface area contributed by atoms with Gasteiger partial charge in [-0.3, -0.25) is 0 Å². The molecule has 1 aromatic rings. The van der Waals surface area contributed by atoms with E-state index in [9.17, 15) is 23.4 Å². The van der Waals surface area contributed by atoms with Gasteiger partial charge in [0.05, 0.1) is 6.10 Å². The Kier molecular flexibility index (Phi) is 4.34. The Morgan fingerprint density at radius 2 is 1.94 bits per heavy atom. The first-order valence-electron chi connectivity index (χ1n) is 4.53. The normalized spacial score (nSPS) is 15.6. The van der Waals surface area contributed by atoms with Crippen LogP contribution in [0.3, 0.4) is 0 Å². The number of anilines is 1. The van der Waals surface area contributed by atoms with Gasteiger partial charge in [0, 0.05) is 10.9 Å². The summed E-state index contributed by atoms with van der Waals surface area (Å²) in [6, 6.07) is 2.14. The van der Waals surface area contributed by atoms with Crippen LogP contribution >= 0.6 is 15.9 Å². The zero-order valence-electron chi connectivity index (χ0n) is 8.45. The maximum absolute atomic E-state index is 12.6. The molecule has 4 nitrogen and oxygen atoms in total. The molecular formula is C9H10BrF3N2O2. The van der Waals surface area contributed by atoms with Gasteiger partial charge < -0.3 is 15.9 Å². The largest absolute Gasteiger partial charge is 0.433 e. The fourth-order valence-corrected chi connectivity index (χ4v) is 1.60. The first-order chi connectivity index (χ1) is 7.77. The molecule has 2 atom stereocenters. The van der Waals surface area contributed by atoms with E-state index < -0.39 is 29.6 Å². The molecule has 4 N–H and O–H groups in total. The highest BCUT2D eigenvalue weighted by Crippen LogP contribution is 2.34. The molecule has 0 saturated carbocycles. The van der Waals surface area contributed by atoms with E-state index in [1.165, 1.54) is 0 Å². The number of nitrogen functional groups attached to an aromatic ring is 1. The predicted octanol–water partition coefficient (Wildman–Crippen LogP) is 1.47. The van der Waals surface area contributed by atoms with Crippen molar-refractivity contribution in [2.75, 3.05) is 11.1 Å². The number of nitrogens with zero attached hydrogens (tertiary/aromatic N) is 1. The molecule has 0 aliphatic carbocycles. The first kappa shape index (κ1) is 14.2. The van der Waals surface area contributed by atoms with Crippen LogP contribution in [0.25, 0.3) is 0 Å². The fourth-order valence-electron chi connectivity index (χ4n) is 1.24. The van der Waals surface area contributed by atoms with Crippen molar-refractivity contribution in [3.05, 3.63) is 23.4 Å². The number of alkyl halides is 4. The highest BCUT2D eigenvalue weighted by atomic mass is 79.9. The second-order valence-electron chi connectivity index (χ2n) is 3.34. The molecule has 0 radical (unpaired) electrons. The first-order valence-corrected chi connectivity index (χ1v) is 5.65. The molecule has 1 rings (SSSR count). The van der Waals surface area contributed by atoms with Crippen molar-refractivity contribution in [3.63, 3.8) is 0 Å². The predicted molar refractivity (Wildman–Crippen MR) is 58.4 cm³/mol. The zero-order valence-corrected chi connectivity index (χ0v) is 10.0. The van der Waals surface area contributed by atoms with Gasteiger partial charge in [-0.25, -0.2) is 4.98 Å². The Balaban J connectivity index is 3.24. The summed E-state index contributed by atoms with van der Waals surface area (Å²) in [6.07, 6.45) is -7.78. The van der Waals surface area contributed by atoms with E-state index in [1.54, 1.807) is 0 Å². The Labute approximate surface area is 103 Å². The number of nitrogens with two attached hydrogens (primary N) is 1. The van der Waals surface area contributed by atoms with Crippen LogP contribution in [0, 0.1) is 0 Å². The van der Waals surface area contributed by atoms with E-state index in [4.69, 9.17) is 5.73 Å². The van der Waals surface area contributed by atoms with Crippen molar-refractivity contribution in [1.82, 2.24) is 4.98 Å². The second-order valence-corrected chi connectivity index (χ2v) is 3.99. The van der Waals surface area contributed by atoms with Crippen LogP contribution in [0.2, 0.25) is 0 Å². The lowest BCUT2D eigenvalue weighted by atomic mass is 10.0. The maximum Gasteiger partial charge on any atom is 0.433 e. The number of pyridine rings is 1. The average molecular weight is 315 g/mol. The highest BCUT2D eigenvalue weighted by molar-refractivity contribution is 9.09. The second kappa shape index (κ2) is 5.19. The van der Waals surface area contributed by atoms with Gasteiger partial charge in [-0.2, -0.15) is 13.2 Å². The molecule has 8 heteroatoms. The molecule has 96 valence electrons. The number of halogens is 4. The van der Waals surface area contributed by atoms with E-state index in [-0.39, 0.29) is 11.1 Å². The van der Waals surface area contributed by atoms with Gasteiger partial charge >= 0.3 is 6.18 Å². The van der Waals surface area contributed by atoms with E-state index in [0.29, 0.717) is 0 Å². The van der Waals surface area contributed by atoms with Crippen LogP contribution in [0.1, 0.15) is 17.4 Å². The third-order valence-corrected chi connectivity index (χ3v) is 2.72. The fraction of sp³-hybridized carbons (Fsp3) is 0.444. The molecular weight excluding hydrogens is 305 g/mol. The minimum absolute atomic E-state index is 0.0597. The Morgan fingerprint density at radius 3 is 2.41 bits per heavy atom. The van der Waals surface area contributed by atoms with Crippen molar-refractivity contribution in [3.8, 4) is 0 Å². The molecule has 17 heavy (non-hydrogen) atoms. The standard InChI is InChI=1S/C9H10BrF3N2O2/c10-3-5(16)7(17)4-1-2-6(14)15-8(4)9(11,12)13/h1-2,5,7,16-17H,3H2,(H2,14,15). The van der Waals surface area contributed by atoms with Gasteiger partial charge in [-0.1, -0.05) is 22.0 Å². The summed E-state index contributed by atoms with van der Waals surface area (Å²) in [5, 5.41) is 18.8. The maximum atomic E-state index is 12.6. The summed E-state index contributed by atoms with van der Waals surface area (Å²) in [5.41, 5.74) is 3.38. The lowest BCUT2D eigenvalue weighted by Gasteiger charge is -2.19. The third-order valence-electron chi connectivity index (χ3n) is 2.06. The van der Waals surface area contributed by atoms with Crippen molar-refractivity contribution in [2.24, 2.45) is 0 Å². The van der Waals surface area contributed by atoms with Crippen LogP contribution in [0.4, 0.5) is 19.0 Å². The average Bonchev–Trinajstić information content (AvgIpc) is 2.25. The van der Waals surface area contributed by atoms with Gasteiger partial charge in [0.1, 0.15) is 11.9 Å². The SMILES string of the molecule is Nc1ccc(C(O)C(O)CBr)c(C(F)(F)F)n1. The van der Waals surface area contributed by atoms with E-state index in [2.05, 4.69) is 20.9 Å². The number of aliphatic hydroxyl groups is 2. The van der Waals surface area contributed by atoms with Crippen LogP contribution < -0.4 is 5.73 Å². The monoisotopic (exact) mass is 314 g/mol. The van der Waals surface area contributed by atoms with E-state index >= 15 is 0 Å². The van der Waals surface area contributed by atoms with Gasteiger partial charge in [0.2, 0.25) is 0 Å². The molecule has 0 amide bonds. The molecule has 0 saturated heterocycles. The summed E-state index contributed by atoms with van der Waals surface area (Å²) >= 11 is 2.87. The van der Waals surface area contributed by atoms with Crippen molar-refractivity contribution in [2.45, 2.75) is 18.4 Å². The molecule has 0 aliphatic heterocycles. The molecule has 1 aromatic heterocycles. The lowest BCUT2D eigenvalue weighted by Crippen LogP contribution is -2.24. The molecule has 0 fully saturated rings. The van der Waals surface area contributed by atoms with E-state index in [1.807, 2.05) is 0 Å². The van der Waals surface area contributed by atoms with Gasteiger partial charge in [0.15, 0.2) is 5.69 Å². The number of aliphatic hydroxyl groups excluding tert-OH is 2. The summed E-state index contributed by atoms with van der Waals surface area (Å²) in [4.78, 5) is 3.15. The van der Waals surface area contributed by atoms with E-state index in [0.717, 1.165) is 12.1 Å². The van der Waals surface area contributed by atoms with Gasteiger partial charge in [0.25, 0.3) is 0 Å². The number of rotatable bonds is 3. The smallest absolute Gasteiger partial charge is 0.389 e. The number of hydrogen-bond donors (Lipinski definition) is 3. The zero-order chi connectivity index (χ0) is 13.2.